The maximum absolute atomic E-state index is 12.1. The molecular weight excluding hydrogens is 356 g/mol. The van der Waals surface area contributed by atoms with Crippen molar-refractivity contribution in [3.63, 3.8) is 0 Å². The minimum absolute atomic E-state index is 0.286. The summed E-state index contributed by atoms with van der Waals surface area (Å²) >= 11 is 0. The van der Waals surface area contributed by atoms with E-state index in [-0.39, 0.29) is 6.61 Å². The lowest BCUT2D eigenvalue weighted by molar-refractivity contribution is 0.168. The predicted octanol–water partition coefficient (Wildman–Crippen LogP) is 4.31. The molecule has 1 aliphatic rings. The second-order valence-electron chi connectivity index (χ2n) is 6.96. The number of ether oxygens (including phenoxy) is 1. The summed E-state index contributed by atoms with van der Waals surface area (Å²) < 4.78 is 10.3. The van der Waals surface area contributed by atoms with E-state index < -0.39 is 11.7 Å². The number of carbonyl (C=O) groups is 1. The number of anilines is 2. The van der Waals surface area contributed by atoms with Crippen molar-refractivity contribution in [3.8, 4) is 0 Å². The highest BCUT2D eigenvalue weighted by Crippen LogP contribution is 2.34. The van der Waals surface area contributed by atoms with Crippen LogP contribution in [0.3, 0.4) is 0 Å². The summed E-state index contributed by atoms with van der Waals surface area (Å²) in [5.41, 5.74) is 3.98. The second-order valence-corrected chi connectivity index (χ2v) is 6.96. The number of para-hydroxylation sites is 1. The summed E-state index contributed by atoms with van der Waals surface area (Å²) in [4.78, 5) is 26.1. The molecule has 0 saturated carbocycles. The summed E-state index contributed by atoms with van der Waals surface area (Å²) in [5, 5.41) is 3.49. The van der Waals surface area contributed by atoms with Gasteiger partial charge in [-0.25, -0.2) is 9.59 Å². The van der Waals surface area contributed by atoms with Crippen molar-refractivity contribution in [2.75, 3.05) is 16.8 Å². The first-order valence-electron chi connectivity index (χ1n) is 9.40. The van der Waals surface area contributed by atoms with Gasteiger partial charge in [-0.3, -0.25) is 5.32 Å². The third kappa shape index (κ3) is 3.45. The molecule has 1 aromatic heterocycles. The first kappa shape index (κ1) is 18.1. The lowest BCUT2D eigenvalue weighted by Gasteiger charge is -2.25. The Morgan fingerprint density at radius 2 is 2.07 bits per heavy atom. The van der Waals surface area contributed by atoms with Crippen LogP contribution in [0.4, 0.5) is 16.2 Å². The smallest absolute Gasteiger partial charge is 0.411 e. The lowest BCUT2D eigenvalue weighted by atomic mass is 10.1. The third-order valence-electron chi connectivity index (χ3n) is 5.04. The summed E-state index contributed by atoms with van der Waals surface area (Å²) in [6, 6.07) is 15.6. The van der Waals surface area contributed by atoms with Gasteiger partial charge in [-0.15, -0.1) is 0 Å². The summed E-state index contributed by atoms with van der Waals surface area (Å²) in [5.74, 6) is 0. The summed E-state index contributed by atoms with van der Waals surface area (Å²) in [6.07, 6.45) is 0.450. The zero-order valence-corrected chi connectivity index (χ0v) is 15.9. The van der Waals surface area contributed by atoms with Gasteiger partial charge in [0, 0.05) is 41.5 Å². The van der Waals surface area contributed by atoms with Crippen LogP contribution >= 0.6 is 0 Å². The van der Waals surface area contributed by atoms with Crippen molar-refractivity contribution in [1.82, 2.24) is 0 Å². The van der Waals surface area contributed by atoms with Gasteiger partial charge in [-0.05, 0) is 49.6 Å². The van der Waals surface area contributed by atoms with E-state index in [1.807, 2.05) is 12.1 Å². The average molecular weight is 378 g/mol. The Labute approximate surface area is 162 Å². The number of hydrogen-bond donors (Lipinski definition) is 1. The van der Waals surface area contributed by atoms with Crippen LogP contribution in [0.25, 0.3) is 11.0 Å². The lowest BCUT2D eigenvalue weighted by Crippen LogP contribution is -2.29. The number of nitrogens with zero attached hydrogens (tertiary/aromatic N) is 1. The molecule has 6 nitrogen and oxygen atoms in total. The molecule has 1 aliphatic heterocycles. The van der Waals surface area contributed by atoms with Crippen LogP contribution in [-0.4, -0.2) is 18.7 Å². The maximum atomic E-state index is 12.1. The average Bonchev–Trinajstić information content (AvgIpc) is 2.97. The molecule has 3 aromatic rings. The fourth-order valence-electron chi connectivity index (χ4n) is 3.78. The van der Waals surface area contributed by atoms with Crippen molar-refractivity contribution in [2.45, 2.75) is 32.9 Å². The number of carbonyl (C=O) groups excluding carboxylic acids is 1. The highest BCUT2D eigenvalue weighted by molar-refractivity contribution is 5.90. The molecule has 0 bridgehead atoms. The first-order chi connectivity index (χ1) is 13.5. The molecule has 0 spiro atoms. The fourth-order valence-corrected chi connectivity index (χ4v) is 3.78. The van der Waals surface area contributed by atoms with E-state index in [0.29, 0.717) is 23.9 Å². The Balaban J connectivity index is 1.68. The fraction of sp³-hybridized carbons (Fsp3) is 0.273. The van der Waals surface area contributed by atoms with Gasteiger partial charge in [0.15, 0.2) is 0 Å². The molecule has 0 fully saturated rings. The highest BCUT2D eigenvalue weighted by atomic mass is 16.5. The Hall–Kier alpha value is -3.28. The normalized spacial score (nSPS) is 15.5. The van der Waals surface area contributed by atoms with Crippen molar-refractivity contribution >= 4 is 28.4 Å². The number of rotatable bonds is 4. The number of nitrogens with one attached hydrogen (secondary N) is 1. The molecule has 28 heavy (non-hydrogen) atoms. The van der Waals surface area contributed by atoms with Gasteiger partial charge in [0.05, 0.1) is 6.61 Å². The predicted molar refractivity (Wildman–Crippen MR) is 109 cm³/mol. The molecule has 1 N–H and O–H groups in total. The number of fused-ring (bicyclic) bond motifs is 2. The van der Waals surface area contributed by atoms with Crippen LogP contribution < -0.4 is 15.8 Å². The molecule has 144 valence electrons. The van der Waals surface area contributed by atoms with E-state index >= 15 is 0 Å². The third-order valence-corrected chi connectivity index (χ3v) is 5.04. The molecular formula is C22H22N2O4. The van der Waals surface area contributed by atoms with Gasteiger partial charge >= 0.3 is 11.7 Å². The second kappa shape index (κ2) is 7.38. The minimum atomic E-state index is -0.539. The molecule has 1 atom stereocenters. The molecule has 2 aromatic carbocycles. The number of amides is 1. The summed E-state index contributed by atoms with van der Waals surface area (Å²) in [7, 11) is 0. The topological polar surface area (TPSA) is 71.8 Å². The van der Waals surface area contributed by atoms with Crippen molar-refractivity contribution in [1.29, 1.82) is 0 Å². The van der Waals surface area contributed by atoms with Crippen LogP contribution in [0.5, 0.6) is 0 Å². The molecule has 0 aliphatic carbocycles. The van der Waals surface area contributed by atoms with Gasteiger partial charge in [0.1, 0.15) is 5.58 Å². The van der Waals surface area contributed by atoms with Crippen LogP contribution in [-0.2, 0) is 17.7 Å². The van der Waals surface area contributed by atoms with Gasteiger partial charge in [0.2, 0.25) is 0 Å². The van der Waals surface area contributed by atoms with Crippen LogP contribution in [0.2, 0.25) is 0 Å². The zero-order valence-electron chi connectivity index (χ0n) is 15.9. The van der Waals surface area contributed by atoms with Crippen molar-refractivity contribution in [3.05, 3.63) is 70.1 Å². The number of hydrogen-bond acceptors (Lipinski definition) is 5. The molecule has 6 heteroatoms. The molecule has 2 heterocycles. The first-order valence-corrected chi connectivity index (χ1v) is 9.40. The van der Waals surface area contributed by atoms with E-state index in [4.69, 9.17) is 9.15 Å². The molecule has 4 rings (SSSR count). The van der Waals surface area contributed by atoms with E-state index in [1.165, 1.54) is 11.3 Å². The molecule has 1 amide bonds. The Kier molecular flexibility index (Phi) is 4.77. The monoisotopic (exact) mass is 378 g/mol. The van der Waals surface area contributed by atoms with E-state index in [1.54, 1.807) is 25.1 Å². The SMILES string of the molecule is CCOC(=O)Nc1ccc2c(CN3c4ccccc4C[C@@H]3C)cc(=O)oc2c1. The van der Waals surface area contributed by atoms with Crippen LogP contribution in [0.15, 0.2) is 57.7 Å². The number of benzene rings is 2. The molecule has 0 saturated heterocycles. The van der Waals surface area contributed by atoms with E-state index in [2.05, 4.69) is 35.3 Å². The summed E-state index contributed by atoms with van der Waals surface area (Å²) in [6.45, 7) is 4.83. The van der Waals surface area contributed by atoms with Gasteiger partial charge in [-0.1, -0.05) is 18.2 Å². The Bertz CT molecular complexity index is 1090. The van der Waals surface area contributed by atoms with Gasteiger partial charge in [0.25, 0.3) is 0 Å². The van der Waals surface area contributed by atoms with Gasteiger partial charge < -0.3 is 14.1 Å². The molecule has 0 unspecified atom stereocenters. The van der Waals surface area contributed by atoms with E-state index in [0.717, 1.165) is 17.4 Å². The maximum Gasteiger partial charge on any atom is 0.411 e. The standard InChI is InChI=1S/C22H22N2O4/c1-3-27-22(26)23-17-8-9-18-16(11-21(25)28-20(18)12-17)13-24-14(2)10-15-6-4-5-7-19(15)24/h4-9,11-12,14H,3,10,13H2,1-2H3,(H,23,26)/t14-/m0/s1. The molecule has 0 radical (unpaired) electrons. The van der Waals surface area contributed by atoms with Crippen molar-refractivity contribution < 1.29 is 13.9 Å². The van der Waals surface area contributed by atoms with Crippen molar-refractivity contribution in [2.24, 2.45) is 0 Å². The van der Waals surface area contributed by atoms with Crippen LogP contribution in [0.1, 0.15) is 25.0 Å². The largest absolute Gasteiger partial charge is 0.450 e. The Morgan fingerprint density at radius 3 is 2.89 bits per heavy atom. The minimum Gasteiger partial charge on any atom is -0.450 e. The Morgan fingerprint density at radius 1 is 1.25 bits per heavy atom. The highest BCUT2D eigenvalue weighted by Gasteiger charge is 2.26. The van der Waals surface area contributed by atoms with Gasteiger partial charge in [-0.2, -0.15) is 0 Å². The van der Waals surface area contributed by atoms with E-state index in [9.17, 15) is 9.59 Å². The quantitative estimate of drug-likeness (QED) is 0.685. The van der Waals surface area contributed by atoms with Crippen LogP contribution in [0, 0.1) is 0 Å². The zero-order chi connectivity index (χ0) is 19.7.